The molecule has 3 aromatic rings. The Morgan fingerprint density at radius 1 is 1.20 bits per heavy atom. The van der Waals surface area contributed by atoms with E-state index in [9.17, 15) is 4.79 Å². The molecule has 0 unspecified atom stereocenters. The third-order valence-corrected chi connectivity index (χ3v) is 3.71. The van der Waals surface area contributed by atoms with Crippen molar-refractivity contribution in [1.29, 1.82) is 0 Å². The highest BCUT2D eigenvalue weighted by molar-refractivity contribution is 5.89. The molecule has 0 aliphatic heterocycles. The van der Waals surface area contributed by atoms with Gasteiger partial charge >= 0.3 is 5.97 Å². The van der Waals surface area contributed by atoms with E-state index < -0.39 is 0 Å². The Bertz CT molecular complexity index is 856. The maximum absolute atomic E-state index is 11.6. The molecule has 1 aromatic carbocycles. The van der Waals surface area contributed by atoms with Crippen molar-refractivity contribution in [3.8, 4) is 11.1 Å². The molecule has 0 radical (unpaired) electrons. The topological polar surface area (TPSA) is 69.0 Å². The van der Waals surface area contributed by atoms with Crippen LogP contribution in [0.3, 0.4) is 0 Å². The molecule has 6 nitrogen and oxygen atoms in total. The Hall–Kier alpha value is -3.15. The van der Waals surface area contributed by atoms with Crippen LogP contribution in [0, 0.1) is 0 Å². The number of aromatic nitrogens is 3. The molecule has 6 heteroatoms. The van der Waals surface area contributed by atoms with E-state index in [2.05, 4.69) is 33.6 Å². The molecule has 0 atom stereocenters. The summed E-state index contributed by atoms with van der Waals surface area (Å²) >= 11 is 0. The van der Waals surface area contributed by atoms with Gasteiger partial charge < -0.3 is 10.1 Å². The molecule has 128 valence electrons. The van der Waals surface area contributed by atoms with Crippen molar-refractivity contribution in [2.75, 3.05) is 11.9 Å². The zero-order valence-electron chi connectivity index (χ0n) is 14.3. The smallest absolute Gasteiger partial charge is 0.339 e. The van der Waals surface area contributed by atoms with E-state index >= 15 is 0 Å². The van der Waals surface area contributed by atoms with Gasteiger partial charge in [-0.05, 0) is 36.2 Å². The van der Waals surface area contributed by atoms with Gasteiger partial charge in [-0.3, -0.25) is 4.68 Å². The third kappa shape index (κ3) is 4.23. The van der Waals surface area contributed by atoms with E-state index in [1.54, 1.807) is 23.7 Å². The summed E-state index contributed by atoms with van der Waals surface area (Å²) in [4.78, 5) is 15.9. The minimum atomic E-state index is -0.356. The highest BCUT2D eigenvalue weighted by Crippen LogP contribution is 2.20. The lowest BCUT2D eigenvalue weighted by Gasteiger charge is -2.08. The van der Waals surface area contributed by atoms with Crippen LogP contribution in [0.1, 0.15) is 22.8 Å². The van der Waals surface area contributed by atoms with Crippen LogP contribution in [0.2, 0.25) is 0 Å². The largest absolute Gasteiger partial charge is 0.462 e. The van der Waals surface area contributed by atoms with Crippen molar-refractivity contribution in [2.45, 2.75) is 13.5 Å². The Balaban J connectivity index is 1.64. The van der Waals surface area contributed by atoms with Crippen LogP contribution < -0.4 is 5.32 Å². The second-order valence-corrected chi connectivity index (χ2v) is 5.61. The second-order valence-electron chi connectivity index (χ2n) is 5.61. The fourth-order valence-corrected chi connectivity index (χ4v) is 2.46. The number of nitrogens with zero attached hydrogens (tertiary/aromatic N) is 3. The molecular weight excluding hydrogens is 316 g/mol. The van der Waals surface area contributed by atoms with Crippen LogP contribution in [0.25, 0.3) is 11.1 Å². The lowest BCUT2D eigenvalue weighted by atomic mass is 10.1. The molecule has 0 fully saturated rings. The molecule has 0 spiro atoms. The number of pyridine rings is 1. The Labute approximate surface area is 146 Å². The van der Waals surface area contributed by atoms with Crippen LogP contribution in [-0.2, 0) is 18.3 Å². The SMILES string of the molecule is CCOC(=O)c1ccc(NCc2cccc(-c3cnn(C)c3)c2)nc1. The Morgan fingerprint density at radius 2 is 2.08 bits per heavy atom. The molecule has 0 aliphatic carbocycles. The quantitative estimate of drug-likeness (QED) is 0.700. The highest BCUT2D eigenvalue weighted by Gasteiger charge is 2.07. The Kier molecular flexibility index (Phi) is 5.09. The predicted molar refractivity (Wildman–Crippen MR) is 96.2 cm³/mol. The molecule has 0 bridgehead atoms. The third-order valence-electron chi connectivity index (χ3n) is 3.71. The van der Waals surface area contributed by atoms with Gasteiger partial charge in [0.1, 0.15) is 5.82 Å². The van der Waals surface area contributed by atoms with Crippen molar-refractivity contribution in [3.05, 3.63) is 66.1 Å². The zero-order valence-corrected chi connectivity index (χ0v) is 14.3. The number of hydrogen-bond acceptors (Lipinski definition) is 5. The molecule has 0 aliphatic rings. The lowest BCUT2D eigenvalue weighted by molar-refractivity contribution is 0.0526. The minimum Gasteiger partial charge on any atom is -0.462 e. The van der Waals surface area contributed by atoms with E-state index in [1.807, 2.05) is 25.5 Å². The first-order chi connectivity index (χ1) is 12.2. The van der Waals surface area contributed by atoms with Gasteiger partial charge in [-0.15, -0.1) is 0 Å². The number of esters is 1. The first-order valence-corrected chi connectivity index (χ1v) is 8.10. The highest BCUT2D eigenvalue weighted by atomic mass is 16.5. The fourth-order valence-electron chi connectivity index (χ4n) is 2.46. The zero-order chi connectivity index (χ0) is 17.6. The predicted octanol–water partition coefficient (Wildman–Crippen LogP) is 3.27. The van der Waals surface area contributed by atoms with Gasteiger partial charge in [-0.1, -0.05) is 18.2 Å². The first kappa shape index (κ1) is 16.7. The average Bonchev–Trinajstić information content (AvgIpc) is 3.07. The molecule has 0 saturated heterocycles. The summed E-state index contributed by atoms with van der Waals surface area (Å²) in [6.45, 7) is 2.77. The van der Waals surface area contributed by atoms with Crippen LogP contribution >= 0.6 is 0 Å². The van der Waals surface area contributed by atoms with Gasteiger partial charge in [0.25, 0.3) is 0 Å². The average molecular weight is 336 g/mol. The van der Waals surface area contributed by atoms with Crippen molar-refractivity contribution in [1.82, 2.24) is 14.8 Å². The first-order valence-electron chi connectivity index (χ1n) is 8.10. The van der Waals surface area contributed by atoms with Crippen LogP contribution in [-0.4, -0.2) is 27.3 Å². The fraction of sp³-hybridized carbons (Fsp3) is 0.211. The van der Waals surface area contributed by atoms with Crippen LogP contribution in [0.15, 0.2) is 55.0 Å². The number of benzene rings is 1. The van der Waals surface area contributed by atoms with Gasteiger partial charge in [0, 0.05) is 31.5 Å². The molecule has 2 heterocycles. The molecule has 3 rings (SSSR count). The Morgan fingerprint density at radius 3 is 2.76 bits per heavy atom. The number of ether oxygens (including phenoxy) is 1. The van der Waals surface area contributed by atoms with Gasteiger partial charge in [-0.25, -0.2) is 9.78 Å². The van der Waals surface area contributed by atoms with Crippen molar-refractivity contribution < 1.29 is 9.53 Å². The number of carbonyl (C=O) groups is 1. The second kappa shape index (κ2) is 7.61. The summed E-state index contributed by atoms with van der Waals surface area (Å²) < 4.78 is 6.73. The summed E-state index contributed by atoms with van der Waals surface area (Å²) in [6, 6.07) is 11.7. The summed E-state index contributed by atoms with van der Waals surface area (Å²) in [6.07, 6.45) is 5.36. The number of carbonyl (C=O) groups excluding carboxylic acids is 1. The molecule has 25 heavy (non-hydrogen) atoms. The van der Waals surface area contributed by atoms with E-state index in [-0.39, 0.29) is 5.97 Å². The molecule has 0 saturated carbocycles. The lowest BCUT2D eigenvalue weighted by Crippen LogP contribution is -2.06. The van der Waals surface area contributed by atoms with Gasteiger partial charge in [0.2, 0.25) is 0 Å². The number of nitrogens with one attached hydrogen (secondary N) is 1. The normalized spacial score (nSPS) is 10.5. The standard InChI is InChI=1S/C19H20N4O2/c1-3-25-19(24)16-7-8-18(21-11-16)20-10-14-5-4-6-15(9-14)17-12-22-23(2)13-17/h4-9,11-13H,3,10H2,1-2H3,(H,20,21). The summed E-state index contributed by atoms with van der Waals surface area (Å²) in [5, 5.41) is 7.46. The molecule has 2 aromatic heterocycles. The number of rotatable bonds is 6. The summed E-state index contributed by atoms with van der Waals surface area (Å²) in [5.41, 5.74) is 3.79. The van der Waals surface area contributed by atoms with E-state index in [0.29, 0.717) is 24.5 Å². The summed E-state index contributed by atoms with van der Waals surface area (Å²) in [7, 11) is 1.90. The number of anilines is 1. The monoisotopic (exact) mass is 336 g/mol. The number of aryl methyl sites for hydroxylation is 1. The van der Waals surface area contributed by atoms with E-state index in [1.165, 1.54) is 6.20 Å². The molecule has 0 amide bonds. The van der Waals surface area contributed by atoms with Gasteiger partial charge in [-0.2, -0.15) is 5.10 Å². The van der Waals surface area contributed by atoms with Crippen molar-refractivity contribution in [2.24, 2.45) is 7.05 Å². The van der Waals surface area contributed by atoms with Gasteiger partial charge in [0.05, 0.1) is 18.4 Å². The minimum absolute atomic E-state index is 0.353. The van der Waals surface area contributed by atoms with Crippen LogP contribution in [0.5, 0.6) is 0 Å². The molecular formula is C19H20N4O2. The van der Waals surface area contributed by atoms with E-state index in [4.69, 9.17) is 4.74 Å². The maximum Gasteiger partial charge on any atom is 0.339 e. The van der Waals surface area contributed by atoms with Crippen molar-refractivity contribution >= 4 is 11.8 Å². The molecule has 1 N–H and O–H groups in total. The van der Waals surface area contributed by atoms with E-state index in [0.717, 1.165) is 16.7 Å². The number of hydrogen-bond donors (Lipinski definition) is 1. The van der Waals surface area contributed by atoms with Crippen molar-refractivity contribution in [3.63, 3.8) is 0 Å². The van der Waals surface area contributed by atoms with Gasteiger partial charge in [0.15, 0.2) is 0 Å². The van der Waals surface area contributed by atoms with Crippen LogP contribution in [0.4, 0.5) is 5.82 Å². The maximum atomic E-state index is 11.6. The summed E-state index contributed by atoms with van der Waals surface area (Å²) in [5.74, 6) is 0.352.